The van der Waals surface area contributed by atoms with Crippen LogP contribution in [-0.4, -0.2) is 25.1 Å². The fourth-order valence-electron chi connectivity index (χ4n) is 2.81. The maximum atomic E-state index is 12.3. The molecule has 1 aliphatic rings. The lowest BCUT2D eigenvalue weighted by molar-refractivity contribution is -0.131. The largest absolute Gasteiger partial charge is 0.367 e. The van der Waals surface area contributed by atoms with Crippen molar-refractivity contribution in [3.8, 4) is 0 Å². The van der Waals surface area contributed by atoms with Gasteiger partial charge in [-0.1, -0.05) is 49.6 Å². The molecule has 3 N–H and O–H groups in total. The number of ether oxygens (including phenoxy) is 1. The molecule has 20 heavy (non-hydrogen) atoms. The Morgan fingerprint density at radius 3 is 2.55 bits per heavy atom. The van der Waals surface area contributed by atoms with Crippen molar-refractivity contribution in [1.29, 1.82) is 0 Å². The first-order valence-electron chi connectivity index (χ1n) is 7.29. The summed E-state index contributed by atoms with van der Waals surface area (Å²) in [7, 11) is 1.55. The average Bonchev–Trinajstić information content (AvgIpc) is 2.48. The molecule has 1 aromatic carbocycles. The maximum Gasteiger partial charge on any atom is 0.253 e. The highest BCUT2D eigenvalue weighted by Crippen LogP contribution is 2.25. The minimum Gasteiger partial charge on any atom is -0.367 e. The first-order chi connectivity index (χ1) is 9.64. The number of hydrogen-bond acceptors (Lipinski definition) is 3. The Morgan fingerprint density at radius 2 is 1.95 bits per heavy atom. The molecule has 0 spiro atoms. The third-order valence-corrected chi connectivity index (χ3v) is 4.04. The van der Waals surface area contributed by atoms with Gasteiger partial charge in [0.05, 0.1) is 0 Å². The summed E-state index contributed by atoms with van der Waals surface area (Å²) in [4.78, 5) is 12.3. The Labute approximate surface area is 120 Å². The molecule has 0 aromatic heterocycles. The average molecular weight is 276 g/mol. The third kappa shape index (κ3) is 3.81. The Hall–Kier alpha value is -1.39. The molecule has 1 fully saturated rings. The lowest BCUT2D eigenvalue weighted by Gasteiger charge is -2.33. The summed E-state index contributed by atoms with van der Waals surface area (Å²) < 4.78 is 5.32. The van der Waals surface area contributed by atoms with Gasteiger partial charge in [-0.25, -0.2) is 0 Å². The SMILES string of the molecule is COC(C(=O)NCC1(N)CCCCC1)c1ccccc1. The first kappa shape index (κ1) is 15.0. The topological polar surface area (TPSA) is 64.3 Å². The van der Waals surface area contributed by atoms with Gasteiger partial charge >= 0.3 is 0 Å². The van der Waals surface area contributed by atoms with Crippen molar-refractivity contribution in [1.82, 2.24) is 5.32 Å². The molecule has 2 rings (SSSR count). The summed E-state index contributed by atoms with van der Waals surface area (Å²) in [6.07, 6.45) is 4.95. The lowest BCUT2D eigenvalue weighted by atomic mass is 9.82. The number of nitrogens with two attached hydrogens (primary N) is 1. The molecule has 1 aliphatic carbocycles. The van der Waals surface area contributed by atoms with Crippen LogP contribution >= 0.6 is 0 Å². The molecule has 0 saturated heterocycles. The van der Waals surface area contributed by atoms with Gasteiger partial charge in [-0.2, -0.15) is 0 Å². The van der Waals surface area contributed by atoms with Crippen LogP contribution in [0.25, 0.3) is 0 Å². The highest BCUT2D eigenvalue weighted by molar-refractivity contribution is 5.82. The molecule has 4 heteroatoms. The second-order valence-electron chi connectivity index (χ2n) is 5.67. The number of methoxy groups -OCH3 is 1. The van der Waals surface area contributed by atoms with E-state index in [1.165, 1.54) is 6.42 Å². The van der Waals surface area contributed by atoms with Gasteiger partial charge in [-0.3, -0.25) is 4.79 Å². The number of carbonyl (C=O) groups excluding carboxylic acids is 1. The number of rotatable bonds is 5. The van der Waals surface area contributed by atoms with E-state index in [0.29, 0.717) is 6.54 Å². The van der Waals surface area contributed by atoms with Gasteiger partial charge < -0.3 is 15.8 Å². The van der Waals surface area contributed by atoms with Gasteiger partial charge in [0.2, 0.25) is 0 Å². The van der Waals surface area contributed by atoms with E-state index in [2.05, 4.69) is 5.32 Å². The zero-order chi connectivity index (χ0) is 14.4. The van der Waals surface area contributed by atoms with Crippen LogP contribution in [0.15, 0.2) is 30.3 Å². The van der Waals surface area contributed by atoms with Crippen LogP contribution in [0.1, 0.15) is 43.8 Å². The van der Waals surface area contributed by atoms with E-state index >= 15 is 0 Å². The van der Waals surface area contributed by atoms with Crippen molar-refractivity contribution < 1.29 is 9.53 Å². The second-order valence-corrected chi connectivity index (χ2v) is 5.67. The van der Waals surface area contributed by atoms with Crippen LogP contribution in [0.4, 0.5) is 0 Å². The Kier molecular flexibility index (Phi) is 5.15. The van der Waals surface area contributed by atoms with Gasteiger partial charge in [0.15, 0.2) is 6.10 Å². The molecule has 1 aromatic rings. The quantitative estimate of drug-likeness (QED) is 0.866. The third-order valence-electron chi connectivity index (χ3n) is 4.04. The van der Waals surface area contributed by atoms with Crippen molar-refractivity contribution in [3.05, 3.63) is 35.9 Å². The van der Waals surface area contributed by atoms with E-state index in [-0.39, 0.29) is 11.4 Å². The summed E-state index contributed by atoms with van der Waals surface area (Å²) in [5, 5.41) is 2.95. The van der Waals surface area contributed by atoms with Crippen LogP contribution in [0.3, 0.4) is 0 Å². The molecule has 1 amide bonds. The normalized spacial score (nSPS) is 19.3. The summed E-state index contributed by atoms with van der Waals surface area (Å²) in [6, 6.07) is 9.52. The number of carbonyl (C=O) groups is 1. The van der Waals surface area contributed by atoms with Crippen LogP contribution in [0.5, 0.6) is 0 Å². The van der Waals surface area contributed by atoms with E-state index in [0.717, 1.165) is 31.2 Å². The number of hydrogen-bond donors (Lipinski definition) is 2. The molecule has 0 radical (unpaired) electrons. The van der Waals surface area contributed by atoms with Gasteiger partial charge in [0.25, 0.3) is 5.91 Å². The Morgan fingerprint density at radius 1 is 1.30 bits per heavy atom. The molecule has 1 saturated carbocycles. The Bertz CT molecular complexity index is 427. The predicted molar refractivity (Wildman–Crippen MR) is 79.2 cm³/mol. The minimum absolute atomic E-state index is 0.117. The van der Waals surface area contributed by atoms with Crippen molar-refractivity contribution >= 4 is 5.91 Å². The highest BCUT2D eigenvalue weighted by atomic mass is 16.5. The summed E-state index contributed by atoms with van der Waals surface area (Å²) in [5.41, 5.74) is 6.95. The van der Waals surface area contributed by atoms with E-state index in [9.17, 15) is 4.79 Å². The van der Waals surface area contributed by atoms with Gasteiger partial charge in [0, 0.05) is 19.2 Å². The van der Waals surface area contributed by atoms with Crippen LogP contribution in [-0.2, 0) is 9.53 Å². The highest BCUT2D eigenvalue weighted by Gasteiger charge is 2.29. The fourth-order valence-corrected chi connectivity index (χ4v) is 2.81. The minimum atomic E-state index is -0.566. The van der Waals surface area contributed by atoms with E-state index in [4.69, 9.17) is 10.5 Å². The second kappa shape index (κ2) is 6.86. The Balaban J connectivity index is 1.93. The summed E-state index contributed by atoms with van der Waals surface area (Å²) >= 11 is 0. The summed E-state index contributed by atoms with van der Waals surface area (Å²) in [5.74, 6) is -0.117. The van der Waals surface area contributed by atoms with Crippen molar-refractivity contribution in [2.75, 3.05) is 13.7 Å². The van der Waals surface area contributed by atoms with Gasteiger partial charge in [-0.15, -0.1) is 0 Å². The van der Waals surface area contributed by atoms with Crippen LogP contribution in [0, 0.1) is 0 Å². The molecule has 0 aliphatic heterocycles. The smallest absolute Gasteiger partial charge is 0.253 e. The molecular formula is C16H24N2O2. The number of amides is 1. The molecule has 1 unspecified atom stereocenters. The van der Waals surface area contributed by atoms with Crippen LogP contribution in [0.2, 0.25) is 0 Å². The summed E-state index contributed by atoms with van der Waals surface area (Å²) in [6.45, 7) is 0.526. The molecular weight excluding hydrogens is 252 g/mol. The van der Waals surface area contributed by atoms with Gasteiger partial charge in [-0.05, 0) is 18.4 Å². The molecule has 0 bridgehead atoms. The monoisotopic (exact) mass is 276 g/mol. The van der Waals surface area contributed by atoms with Crippen molar-refractivity contribution in [3.63, 3.8) is 0 Å². The number of benzene rings is 1. The van der Waals surface area contributed by atoms with E-state index < -0.39 is 6.10 Å². The predicted octanol–water partition coefficient (Wildman–Crippen LogP) is 2.15. The van der Waals surface area contributed by atoms with E-state index in [1.54, 1.807) is 7.11 Å². The zero-order valence-electron chi connectivity index (χ0n) is 12.1. The standard InChI is InChI=1S/C16H24N2O2/c1-20-14(13-8-4-2-5-9-13)15(19)18-12-16(17)10-6-3-7-11-16/h2,4-5,8-9,14H,3,6-7,10-12,17H2,1H3,(H,18,19). The fraction of sp³-hybridized carbons (Fsp3) is 0.562. The van der Waals surface area contributed by atoms with Crippen molar-refractivity contribution in [2.24, 2.45) is 5.73 Å². The molecule has 1 atom stereocenters. The number of nitrogens with one attached hydrogen (secondary N) is 1. The maximum absolute atomic E-state index is 12.3. The van der Waals surface area contributed by atoms with Crippen LogP contribution < -0.4 is 11.1 Å². The van der Waals surface area contributed by atoms with E-state index in [1.807, 2.05) is 30.3 Å². The van der Waals surface area contributed by atoms with Crippen molar-refractivity contribution in [2.45, 2.75) is 43.7 Å². The molecule has 0 heterocycles. The molecule has 110 valence electrons. The zero-order valence-corrected chi connectivity index (χ0v) is 12.1. The first-order valence-corrected chi connectivity index (χ1v) is 7.29. The van der Waals surface area contributed by atoms with Gasteiger partial charge in [0.1, 0.15) is 0 Å². The molecule has 4 nitrogen and oxygen atoms in total. The lowest BCUT2D eigenvalue weighted by Crippen LogP contribution is -2.52.